The maximum atomic E-state index is 2.48. The van der Waals surface area contributed by atoms with E-state index >= 15 is 0 Å². The third kappa shape index (κ3) is 0.973. The summed E-state index contributed by atoms with van der Waals surface area (Å²) in [4.78, 5) is 0. The second-order valence-electron chi connectivity index (χ2n) is 5.48. The third-order valence-corrected chi connectivity index (χ3v) is 6.80. The largest absolute Gasteiger partial charge is 0.158 e. The maximum Gasteiger partial charge on any atom is 0.00840 e. The average molecular weight is 208 g/mol. The van der Waals surface area contributed by atoms with Gasteiger partial charge in [-0.15, -0.1) is 0 Å². The summed E-state index contributed by atoms with van der Waals surface area (Å²) in [6.45, 7) is 2.48. The summed E-state index contributed by atoms with van der Waals surface area (Å²) in [5.74, 6) is 1.44. The van der Waals surface area contributed by atoms with Gasteiger partial charge in [-0.2, -0.15) is 11.8 Å². The minimum Gasteiger partial charge on any atom is -0.158 e. The van der Waals surface area contributed by atoms with E-state index in [2.05, 4.69) is 30.8 Å². The Kier molecular flexibility index (Phi) is 2.02. The standard InChI is InChI=1S/C13H20S/c1-11-13-8-4-2-6-12(13,10-14-11)7-3-5-9-13/h2,4,11H,3,5-10H2,1H3. The zero-order chi connectivity index (χ0) is 9.65. The molecule has 78 valence electrons. The molecule has 0 aromatic rings. The van der Waals surface area contributed by atoms with Crippen LogP contribution in [0.25, 0.3) is 0 Å². The molecule has 0 N–H and O–H groups in total. The minimum absolute atomic E-state index is 0.699. The van der Waals surface area contributed by atoms with Crippen molar-refractivity contribution in [1.29, 1.82) is 0 Å². The number of thioether (sulfide) groups is 1. The molecule has 0 bridgehead atoms. The summed E-state index contributed by atoms with van der Waals surface area (Å²) < 4.78 is 0. The molecule has 3 atom stereocenters. The Labute approximate surface area is 91.5 Å². The summed E-state index contributed by atoms with van der Waals surface area (Å²) in [6.07, 6.45) is 13.7. The van der Waals surface area contributed by atoms with Crippen LogP contribution in [0.2, 0.25) is 0 Å². The molecule has 3 rings (SSSR count). The fourth-order valence-corrected chi connectivity index (χ4v) is 6.07. The molecule has 0 amide bonds. The average Bonchev–Trinajstić information content (AvgIpc) is 2.54. The molecule has 2 fully saturated rings. The molecular weight excluding hydrogens is 188 g/mol. The fourth-order valence-electron chi connectivity index (χ4n) is 4.16. The van der Waals surface area contributed by atoms with Gasteiger partial charge in [-0.25, -0.2) is 0 Å². The first kappa shape index (κ1) is 9.33. The molecule has 0 radical (unpaired) electrons. The van der Waals surface area contributed by atoms with Crippen LogP contribution in [-0.4, -0.2) is 11.0 Å². The van der Waals surface area contributed by atoms with Gasteiger partial charge in [0.25, 0.3) is 0 Å². The zero-order valence-corrected chi connectivity index (χ0v) is 9.91. The van der Waals surface area contributed by atoms with Crippen LogP contribution in [0.1, 0.15) is 45.4 Å². The lowest BCUT2D eigenvalue weighted by Crippen LogP contribution is -2.47. The van der Waals surface area contributed by atoms with Crippen molar-refractivity contribution in [2.75, 3.05) is 5.75 Å². The summed E-state index contributed by atoms with van der Waals surface area (Å²) in [5.41, 5.74) is 1.41. The van der Waals surface area contributed by atoms with Gasteiger partial charge >= 0.3 is 0 Å². The van der Waals surface area contributed by atoms with Crippen molar-refractivity contribution in [3.8, 4) is 0 Å². The molecule has 1 saturated heterocycles. The number of hydrogen-bond donors (Lipinski definition) is 0. The van der Waals surface area contributed by atoms with E-state index in [9.17, 15) is 0 Å². The van der Waals surface area contributed by atoms with E-state index in [1.165, 1.54) is 44.3 Å². The highest BCUT2D eigenvalue weighted by atomic mass is 32.2. The van der Waals surface area contributed by atoms with E-state index < -0.39 is 0 Å². The Morgan fingerprint density at radius 3 is 2.79 bits per heavy atom. The van der Waals surface area contributed by atoms with Crippen LogP contribution in [-0.2, 0) is 0 Å². The molecule has 3 aliphatic rings. The third-order valence-electron chi connectivity index (χ3n) is 5.13. The molecule has 3 unspecified atom stereocenters. The van der Waals surface area contributed by atoms with E-state index in [0.29, 0.717) is 10.8 Å². The topological polar surface area (TPSA) is 0 Å². The first-order valence-electron chi connectivity index (χ1n) is 6.06. The summed E-state index contributed by atoms with van der Waals surface area (Å²) in [6, 6.07) is 0. The molecule has 0 nitrogen and oxygen atoms in total. The number of allylic oxidation sites excluding steroid dienone is 2. The van der Waals surface area contributed by atoms with Crippen LogP contribution in [0.5, 0.6) is 0 Å². The lowest BCUT2D eigenvalue weighted by Gasteiger charge is -2.52. The maximum absolute atomic E-state index is 2.48. The van der Waals surface area contributed by atoms with Crippen LogP contribution in [0.15, 0.2) is 12.2 Å². The summed E-state index contributed by atoms with van der Waals surface area (Å²) >= 11 is 2.25. The zero-order valence-electron chi connectivity index (χ0n) is 9.09. The SMILES string of the molecule is CC1SCC23CC=CCC12CCCC3. The van der Waals surface area contributed by atoms with E-state index in [4.69, 9.17) is 0 Å². The van der Waals surface area contributed by atoms with E-state index in [0.717, 1.165) is 5.25 Å². The van der Waals surface area contributed by atoms with Crippen molar-refractivity contribution < 1.29 is 0 Å². The second kappa shape index (κ2) is 3.04. The van der Waals surface area contributed by atoms with Gasteiger partial charge in [-0.3, -0.25) is 0 Å². The fraction of sp³-hybridized carbons (Fsp3) is 0.846. The van der Waals surface area contributed by atoms with Crippen LogP contribution >= 0.6 is 11.8 Å². The van der Waals surface area contributed by atoms with Crippen molar-refractivity contribution in [2.24, 2.45) is 10.8 Å². The van der Waals surface area contributed by atoms with Crippen molar-refractivity contribution in [3.05, 3.63) is 12.2 Å². The van der Waals surface area contributed by atoms with Gasteiger partial charge in [-0.1, -0.05) is 31.9 Å². The molecule has 1 saturated carbocycles. The summed E-state index contributed by atoms with van der Waals surface area (Å²) in [7, 11) is 0. The predicted molar refractivity (Wildman–Crippen MR) is 63.6 cm³/mol. The van der Waals surface area contributed by atoms with Crippen molar-refractivity contribution in [3.63, 3.8) is 0 Å². The molecule has 0 aromatic carbocycles. The van der Waals surface area contributed by atoms with Crippen LogP contribution in [0.4, 0.5) is 0 Å². The molecule has 14 heavy (non-hydrogen) atoms. The summed E-state index contributed by atoms with van der Waals surface area (Å²) in [5, 5.41) is 0.910. The smallest absolute Gasteiger partial charge is 0.00840 e. The Balaban J connectivity index is 2.05. The highest BCUT2D eigenvalue weighted by Gasteiger charge is 2.59. The van der Waals surface area contributed by atoms with Gasteiger partial charge in [0.1, 0.15) is 0 Å². The minimum atomic E-state index is 0.699. The first-order valence-corrected chi connectivity index (χ1v) is 7.11. The van der Waals surface area contributed by atoms with Gasteiger partial charge in [0.2, 0.25) is 0 Å². The molecule has 1 heteroatoms. The second-order valence-corrected chi connectivity index (χ2v) is 6.81. The quantitative estimate of drug-likeness (QED) is 0.542. The van der Waals surface area contributed by atoms with Crippen LogP contribution < -0.4 is 0 Å². The monoisotopic (exact) mass is 208 g/mol. The Morgan fingerprint density at radius 2 is 1.93 bits per heavy atom. The van der Waals surface area contributed by atoms with Gasteiger partial charge in [-0.05, 0) is 36.5 Å². The van der Waals surface area contributed by atoms with Crippen LogP contribution in [0.3, 0.4) is 0 Å². The lowest BCUT2D eigenvalue weighted by molar-refractivity contribution is 0.0155. The highest BCUT2D eigenvalue weighted by Crippen LogP contribution is 2.67. The first-order chi connectivity index (χ1) is 6.79. The Morgan fingerprint density at radius 1 is 1.14 bits per heavy atom. The van der Waals surface area contributed by atoms with E-state index in [-0.39, 0.29) is 0 Å². The molecule has 1 heterocycles. The van der Waals surface area contributed by atoms with E-state index in [1.54, 1.807) is 0 Å². The van der Waals surface area contributed by atoms with Crippen molar-refractivity contribution >= 4 is 11.8 Å². The lowest BCUT2D eigenvalue weighted by atomic mass is 9.51. The number of rotatable bonds is 0. The highest BCUT2D eigenvalue weighted by molar-refractivity contribution is 8.00. The Bertz CT molecular complexity index is 266. The normalized spacial score (nSPS) is 51.4. The van der Waals surface area contributed by atoms with Crippen molar-refractivity contribution in [2.45, 2.75) is 50.7 Å². The van der Waals surface area contributed by atoms with Gasteiger partial charge in [0.05, 0.1) is 0 Å². The molecule has 0 spiro atoms. The molecule has 2 aliphatic carbocycles. The molecular formula is C13H20S. The van der Waals surface area contributed by atoms with Crippen molar-refractivity contribution in [1.82, 2.24) is 0 Å². The molecule has 1 aliphatic heterocycles. The van der Waals surface area contributed by atoms with Gasteiger partial charge in [0, 0.05) is 11.0 Å². The Hall–Kier alpha value is 0.0900. The van der Waals surface area contributed by atoms with Gasteiger partial charge in [0.15, 0.2) is 0 Å². The van der Waals surface area contributed by atoms with E-state index in [1.807, 2.05) is 0 Å². The van der Waals surface area contributed by atoms with Gasteiger partial charge < -0.3 is 0 Å². The number of hydrogen-bond acceptors (Lipinski definition) is 1. The van der Waals surface area contributed by atoms with Crippen LogP contribution in [0, 0.1) is 10.8 Å². The molecule has 0 aromatic heterocycles. The predicted octanol–water partition coefficient (Wildman–Crippen LogP) is 4.02.